The van der Waals surface area contributed by atoms with Gasteiger partial charge >= 0.3 is 0 Å². The van der Waals surface area contributed by atoms with E-state index in [-0.39, 0.29) is 16.8 Å². The van der Waals surface area contributed by atoms with Crippen LogP contribution in [0.3, 0.4) is 0 Å². The standard InChI is InChI=1S/C14H19BrClNO/c1-4-13(15)14(18)17(10(2)3)9-11-6-5-7-12(16)8-11/h5-8,10,13H,4,9H2,1-3H3. The van der Waals surface area contributed by atoms with Gasteiger partial charge in [-0.15, -0.1) is 0 Å². The van der Waals surface area contributed by atoms with E-state index in [0.29, 0.717) is 11.6 Å². The molecule has 100 valence electrons. The molecular weight excluding hydrogens is 314 g/mol. The maximum absolute atomic E-state index is 12.3. The molecule has 1 rings (SSSR count). The van der Waals surface area contributed by atoms with E-state index in [4.69, 9.17) is 11.6 Å². The second-order valence-electron chi connectivity index (χ2n) is 4.57. The van der Waals surface area contributed by atoms with Crippen molar-refractivity contribution in [3.05, 3.63) is 34.9 Å². The van der Waals surface area contributed by atoms with Crippen molar-refractivity contribution in [3.63, 3.8) is 0 Å². The number of alkyl halides is 1. The highest BCUT2D eigenvalue weighted by Gasteiger charge is 2.22. The van der Waals surface area contributed by atoms with Crippen molar-refractivity contribution in [2.24, 2.45) is 0 Å². The number of carbonyl (C=O) groups excluding carboxylic acids is 1. The van der Waals surface area contributed by atoms with Crippen molar-refractivity contribution in [2.75, 3.05) is 0 Å². The summed E-state index contributed by atoms with van der Waals surface area (Å²) in [5.41, 5.74) is 1.06. The molecule has 0 N–H and O–H groups in total. The first-order chi connectivity index (χ1) is 8.45. The smallest absolute Gasteiger partial charge is 0.236 e. The first-order valence-electron chi connectivity index (χ1n) is 6.14. The quantitative estimate of drug-likeness (QED) is 0.738. The lowest BCUT2D eigenvalue weighted by Crippen LogP contribution is -2.40. The largest absolute Gasteiger partial charge is 0.335 e. The number of hydrogen-bond donors (Lipinski definition) is 0. The minimum Gasteiger partial charge on any atom is -0.335 e. The van der Waals surface area contributed by atoms with Crippen molar-refractivity contribution in [1.82, 2.24) is 4.90 Å². The summed E-state index contributed by atoms with van der Waals surface area (Å²) >= 11 is 9.39. The Morgan fingerprint density at radius 2 is 2.11 bits per heavy atom. The van der Waals surface area contributed by atoms with E-state index in [0.717, 1.165) is 12.0 Å². The van der Waals surface area contributed by atoms with Crippen LogP contribution in [0.1, 0.15) is 32.8 Å². The fraction of sp³-hybridized carbons (Fsp3) is 0.500. The van der Waals surface area contributed by atoms with Crippen molar-refractivity contribution in [3.8, 4) is 0 Å². The van der Waals surface area contributed by atoms with E-state index in [1.165, 1.54) is 0 Å². The number of carbonyl (C=O) groups is 1. The average molecular weight is 333 g/mol. The Bertz CT molecular complexity index is 409. The van der Waals surface area contributed by atoms with E-state index in [1.54, 1.807) is 0 Å². The molecule has 1 aromatic rings. The summed E-state index contributed by atoms with van der Waals surface area (Å²) in [5, 5.41) is 0.703. The van der Waals surface area contributed by atoms with Crippen molar-refractivity contribution in [2.45, 2.75) is 44.6 Å². The van der Waals surface area contributed by atoms with Crippen molar-refractivity contribution in [1.29, 1.82) is 0 Å². The predicted octanol–water partition coefficient (Wildman–Crippen LogP) is 4.25. The molecule has 1 unspecified atom stereocenters. The fourth-order valence-electron chi connectivity index (χ4n) is 1.70. The normalized spacial score (nSPS) is 12.6. The van der Waals surface area contributed by atoms with E-state index < -0.39 is 0 Å². The van der Waals surface area contributed by atoms with Gasteiger partial charge in [0.2, 0.25) is 5.91 Å². The number of benzene rings is 1. The van der Waals surface area contributed by atoms with Gasteiger partial charge in [0.25, 0.3) is 0 Å². The van der Waals surface area contributed by atoms with Gasteiger partial charge in [-0.25, -0.2) is 0 Å². The SMILES string of the molecule is CCC(Br)C(=O)N(Cc1cccc(Cl)c1)C(C)C. The number of halogens is 2. The fourth-order valence-corrected chi connectivity index (χ4v) is 2.18. The summed E-state index contributed by atoms with van der Waals surface area (Å²) in [7, 11) is 0. The van der Waals surface area contributed by atoms with Crippen LogP contribution in [0.5, 0.6) is 0 Å². The minimum atomic E-state index is -0.112. The maximum atomic E-state index is 12.3. The first kappa shape index (κ1) is 15.5. The summed E-state index contributed by atoms with van der Waals surface area (Å²) in [6.45, 7) is 6.64. The number of rotatable bonds is 5. The van der Waals surface area contributed by atoms with Crippen LogP contribution in [0.25, 0.3) is 0 Å². The Balaban J connectivity index is 2.84. The molecule has 1 amide bonds. The predicted molar refractivity (Wildman–Crippen MR) is 80.1 cm³/mol. The van der Waals surface area contributed by atoms with Crippen LogP contribution in [0.4, 0.5) is 0 Å². The van der Waals surface area contributed by atoms with E-state index >= 15 is 0 Å². The molecule has 1 aromatic carbocycles. The monoisotopic (exact) mass is 331 g/mol. The molecule has 0 fully saturated rings. The Labute approximate surface area is 122 Å². The first-order valence-corrected chi connectivity index (χ1v) is 7.44. The molecular formula is C14H19BrClNO. The maximum Gasteiger partial charge on any atom is 0.236 e. The Morgan fingerprint density at radius 1 is 1.44 bits per heavy atom. The highest BCUT2D eigenvalue weighted by atomic mass is 79.9. The van der Waals surface area contributed by atoms with E-state index in [9.17, 15) is 4.79 Å². The van der Waals surface area contributed by atoms with Crippen LogP contribution in [-0.4, -0.2) is 21.7 Å². The Morgan fingerprint density at radius 3 is 2.61 bits per heavy atom. The number of hydrogen-bond acceptors (Lipinski definition) is 1. The van der Waals surface area contributed by atoms with Crippen LogP contribution < -0.4 is 0 Å². The van der Waals surface area contributed by atoms with Crippen LogP contribution >= 0.6 is 27.5 Å². The molecule has 0 bridgehead atoms. The molecule has 0 radical (unpaired) electrons. The van der Waals surface area contributed by atoms with Crippen LogP contribution in [0.2, 0.25) is 5.02 Å². The molecule has 4 heteroatoms. The van der Waals surface area contributed by atoms with Crippen LogP contribution in [0.15, 0.2) is 24.3 Å². The lowest BCUT2D eigenvalue weighted by molar-refractivity contribution is -0.132. The molecule has 0 spiro atoms. The molecule has 0 saturated carbocycles. The Kier molecular flexibility index (Phi) is 6.16. The molecule has 0 heterocycles. The molecule has 0 aromatic heterocycles. The zero-order chi connectivity index (χ0) is 13.7. The highest BCUT2D eigenvalue weighted by Crippen LogP contribution is 2.17. The molecule has 0 aliphatic carbocycles. The van der Waals surface area contributed by atoms with Crippen molar-refractivity contribution < 1.29 is 4.79 Å². The number of amides is 1. The van der Waals surface area contributed by atoms with Gasteiger partial charge in [-0.1, -0.05) is 46.6 Å². The Hall–Kier alpha value is -0.540. The summed E-state index contributed by atoms with van der Waals surface area (Å²) in [5.74, 6) is 0.132. The van der Waals surface area contributed by atoms with E-state index in [1.807, 2.05) is 49.9 Å². The lowest BCUT2D eigenvalue weighted by atomic mass is 10.1. The minimum absolute atomic E-state index is 0.112. The second-order valence-corrected chi connectivity index (χ2v) is 6.11. The van der Waals surface area contributed by atoms with Gasteiger partial charge in [-0.2, -0.15) is 0 Å². The number of nitrogens with zero attached hydrogens (tertiary/aromatic N) is 1. The van der Waals surface area contributed by atoms with E-state index in [2.05, 4.69) is 15.9 Å². The average Bonchev–Trinajstić information content (AvgIpc) is 2.34. The molecule has 18 heavy (non-hydrogen) atoms. The third kappa shape index (κ3) is 4.29. The van der Waals surface area contributed by atoms with Gasteiger partial charge in [0, 0.05) is 17.6 Å². The van der Waals surface area contributed by atoms with Gasteiger partial charge in [-0.3, -0.25) is 4.79 Å². The van der Waals surface area contributed by atoms with Crippen LogP contribution in [-0.2, 0) is 11.3 Å². The molecule has 0 saturated heterocycles. The molecule has 0 aliphatic rings. The van der Waals surface area contributed by atoms with Gasteiger partial charge in [-0.05, 0) is 38.0 Å². The van der Waals surface area contributed by atoms with Crippen LogP contribution in [0, 0.1) is 0 Å². The van der Waals surface area contributed by atoms with Gasteiger partial charge in [0.05, 0.1) is 4.83 Å². The van der Waals surface area contributed by atoms with Crippen molar-refractivity contribution >= 4 is 33.4 Å². The lowest BCUT2D eigenvalue weighted by Gasteiger charge is -2.28. The zero-order valence-electron chi connectivity index (χ0n) is 11.0. The zero-order valence-corrected chi connectivity index (χ0v) is 13.3. The topological polar surface area (TPSA) is 20.3 Å². The molecule has 1 atom stereocenters. The third-order valence-corrected chi connectivity index (χ3v) is 4.05. The van der Waals surface area contributed by atoms with Gasteiger partial charge in [0.1, 0.15) is 0 Å². The molecule has 0 aliphatic heterocycles. The second kappa shape index (κ2) is 7.15. The summed E-state index contributed by atoms with van der Waals surface area (Å²) in [6, 6.07) is 7.81. The highest BCUT2D eigenvalue weighted by molar-refractivity contribution is 9.10. The summed E-state index contributed by atoms with van der Waals surface area (Å²) < 4.78 is 0. The van der Waals surface area contributed by atoms with Gasteiger partial charge < -0.3 is 4.90 Å². The van der Waals surface area contributed by atoms with Gasteiger partial charge in [0.15, 0.2) is 0 Å². The molecule has 2 nitrogen and oxygen atoms in total. The summed E-state index contributed by atoms with van der Waals surface area (Å²) in [6.07, 6.45) is 0.789. The third-order valence-electron chi connectivity index (χ3n) is 2.77. The summed E-state index contributed by atoms with van der Waals surface area (Å²) in [4.78, 5) is 14.0.